The van der Waals surface area contributed by atoms with Crippen LogP contribution in [0.3, 0.4) is 0 Å². The van der Waals surface area contributed by atoms with Crippen molar-refractivity contribution in [2.45, 2.75) is 63.1 Å². The first-order chi connectivity index (χ1) is 18.7. The van der Waals surface area contributed by atoms with Gasteiger partial charge in [0.25, 0.3) is 10.0 Å². The summed E-state index contributed by atoms with van der Waals surface area (Å²) in [7, 11) is -4.13. The van der Waals surface area contributed by atoms with Crippen molar-refractivity contribution in [1.29, 1.82) is 0 Å². The summed E-state index contributed by atoms with van der Waals surface area (Å²) in [6.07, 6.45) is 3.80. The van der Waals surface area contributed by atoms with E-state index in [0.29, 0.717) is 5.69 Å². The topological polar surface area (TPSA) is 86.8 Å². The Labute approximate surface area is 229 Å². The molecular formula is C30H34FN3O4S. The smallest absolute Gasteiger partial charge is 0.264 e. The molecule has 3 aromatic carbocycles. The monoisotopic (exact) mass is 551 g/mol. The Morgan fingerprint density at radius 2 is 1.64 bits per heavy atom. The van der Waals surface area contributed by atoms with E-state index in [2.05, 4.69) is 5.32 Å². The van der Waals surface area contributed by atoms with Crippen molar-refractivity contribution >= 4 is 27.5 Å². The molecule has 0 bridgehead atoms. The lowest BCUT2D eigenvalue weighted by Crippen LogP contribution is -2.52. The molecule has 39 heavy (non-hydrogen) atoms. The SMILES string of the molecule is Cc1cccc(N(CC(=O)N(Cc2ccccc2F)C(C)C(=O)NC2CCCC2)S(=O)(=O)c2ccccc2)c1. The van der Waals surface area contributed by atoms with Gasteiger partial charge in [-0.05, 0) is 62.6 Å². The van der Waals surface area contributed by atoms with Crippen molar-refractivity contribution in [1.82, 2.24) is 10.2 Å². The van der Waals surface area contributed by atoms with Gasteiger partial charge in [-0.2, -0.15) is 0 Å². The van der Waals surface area contributed by atoms with E-state index >= 15 is 0 Å². The maximum atomic E-state index is 14.6. The molecule has 0 heterocycles. The Balaban J connectivity index is 1.69. The summed E-state index contributed by atoms with van der Waals surface area (Å²) in [4.78, 5) is 28.4. The number of benzene rings is 3. The summed E-state index contributed by atoms with van der Waals surface area (Å²) in [6.45, 7) is 2.68. The summed E-state index contributed by atoms with van der Waals surface area (Å²) in [5, 5.41) is 3.00. The maximum absolute atomic E-state index is 14.6. The lowest BCUT2D eigenvalue weighted by molar-refractivity contribution is -0.139. The average molecular weight is 552 g/mol. The molecule has 1 aliphatic carbocycles. The van der Waals surface area contributed by atoms with Crippen LogP contribution in [0.15, 0.2) is 83.8 Å². The molecule has 1 aliphatic rings. The molecule has 0 aliphatic heterocycles. The van der Waals surface area contributed by atoms with Crippen molar-refractivity contribution in [2.24, 2.45) is 0 Å². The number of sulfonamides is 1. The average Bonchev–Trinajstić information content (AvgIpc) is 3.44. The van der Waals surface area contributed by atoms with Crippen molar-refractivity contribution in [3.05, 3.63) is 95.8 Å². The van der Waals surface area contributed by atoms with E-state index in [1.807, 2.05) is 13.0 Å². The molecule has 1 fully saturated rings. The lowest BCUT2D eigenvalue weighted by atomic mass is 10.1. The van der Waals surface area contributed by atoms with Gasteiger partial charge in [-0.1, -0.05) is 61.4 Å². The van der Waals surface area contributed by atoms with Gasteiger partial charge in [-0.3, -0.25) is 13.9 Å². The van der Waals surface area contributed by atoms with E-state index < -0.39 is 34.3 Å². The predicted octanol–water partition coefficient (Wildman–Crippen LogP) is 4.81. The number of rotatable bonds is 10. The second-order valence-corrected chi connectivity index (χ2v) is 11.8. The molecule has 0 saturated heterocycles. The highest BCUT2D eigenvalue weighted by Gasteiger charge is 2.33. The lowest BCUT2D eigenvalue weighted by Gasteiger charge is -2.32. The van der Waals surface area contributed by atoms with Gasteiger partial charge in [0.05, 0.1) is 10.6 Å². The van der Waals surface area contributed by atoms with Gasteiger partial charge < -0.3 is 10.2 Å². The van der Waals surface area contributed by atoms with Gasteiger partial charge in [0.1, 0.15) is 18.4 Å². The molecule has 0 radical (unpaired) electrons. The Morgan fingerprint density at radius 3 is 2.31 bits per heavy atom. The van der Waals surface area contributed by atoms with Crippen molar-refractivity contribution in [3.63, 3.8) is 0 Å². The molecule has 2 amide bonds. The third-order valence-electron chi connectivity index (χ3n) is 7.07. The van der Waals surface area contributed by atoms with Crippen LogP contribution in [0, 0.1) is 12.7 Å². The zero-order valence-corrected chi connectivity index (χ0v) is 23.0. The Kier molecular flexibility index (Phi) is 9.01. The van der Waals surface area contributed by atoms with E-state index in [0.717, 1.165) is 35.6 Å². The second-order valence-electron chi connectivity index (χ2n) is 9.94. The largest absolute Gasteiger partial charge is 0.352 e. The fourth-order valence-corrected chi connectivity index (χ4v) is 6.24. The van der Waals surface area contributed by atoms with E-state index in [9.17, 15) is 22.4 Å². The summed E-state index contributed by atoms with van der Waals surface area (Å²) < 4.78 is 43.2. The third-order valence-corrected chi connectivity index (χ3v) is 8.86. The normalized spacial score (nSPS) is 14.5. The third kappa shape index (κ3) is 6.84. The maximum Gasteiger partial charge on any atom is 0.264 e. The minimum Gasteiger partial charge on any atom is -0.352 e. The quantitative estimate of drug-likeness (QED) is 0.392. The molecule has 9 heteroatoms. The zero-order valence-electron chi connectivity index (χ0n) is 22.2. The minimum atomic E-state index is -4.13. The number of anilines is 1. The number of halogens is 1. The first kappa shape index (κ1) is 28.3. The molecular weight excluding hydrogens is 517 g/mol. The van der Waals surface area contributed by atoms with Crippen molar-refractivity contribution in [2.75, 3.05) is 10.8 Å². The van der Waals surface area contributed by atoms with Crippen LogP contribution < -0.4 is 9.62 Å². The van der Waals surface area contributed by atoms with Crippen LogP contribution >= 0.6 is 0 Å². The fraction of sp³-hybridized carbons (Fsp3) is 0.333. The molecule has 3 aromatic rings. The number of amides is 2. The fourth-order valence-electron chi connectivity index (χ4n) is 4.82. The van der Waals surface area contributed by atoms with Gasteiger partial charge in [0.2, 0.25) is 11.8 Å². The van der Waals surface area contributed by atoms with E-state index in [4.69, 9.17) is 0 Å². The number of carbonyl (C=O) groups is 2. The molecule has 1 atom stereocenters. The molecule has 0 spiro atoms. The number of nitrogens with zero attached hydrogens (tertiary/aromatic N) is 2. The highest BCUT2D eigenvalue weighted by molar-refractivity contribution is 7.92. The van der Waals surface area contributed by atoms with Crippen LogP contribution in [0.5, 0.6) is 0 Å². The van der Waals surface area contributed by atoms with E-state index in [1.165, 1.54) is 23.1 Å². The summed E-state index contributed by atoms with van der Waals surface area (Å²) in [6, 6.07) is 19.9. The number of hydrogen-bond donors (Lipinski definition) is 1. The Hall–Kier alpha value is -3.72. The minimum absolute atomic E-state index is 0.0342. The number of nitrogens with one attached hydrogen (secondary N) is 1. The highest BCUT2D eigenvalue weighted by atomic mass is 32.2. The summed E-state index contributed by atoms with van der Waals surface area (Å²) >= 11 is 0. The molecule has 1 saturated carbocycles. The van der Waals surface area contributed by atoms with Gasteiger partial charge >= 0.3 is 0 Å². The van der Waals surface area contributed by atoms with Crippen LogP contribution in [0.25, 0.3) is 0 Å². The first-order valence-electron chi connectivity index (χ1n) is 13.1. The van der Waals surface area contributed by atoms with Gasteiger partial charge in [-0.15, -0.1) is 0 Å². The second kappa shape index (κ2) is 12.4. The molecule has 0 aromatic heterocycles. The predicted molar refractivity (Wildman–Crippen MR) is 149 cm³/mol. The zero-order chi connectivity index (χ0) is 28.0. The van der Waals surface area contributed by atoms with Crippen LogP contribution in [0.1, 0.15) is 43.7 Å². The van der Waals surface area contributed by atoms with Crippen LogP contribution in [-0.2, 0) is 26.2 Å². The van der Waals surface area contributed by atoms with Crippen LogP contribution in [0.4, 0.5) is 10.1 Å². The van der Waals surface area contributed by atoms with Crippen LogP contribution in [0.2, 0.25) is 0 Å². The van der Waals surface area contributed by atoms with Crippen molar-refractivity contribution in [3.8, 4) is 0 Å². The molecule has 1 N–H and O–H groups in total. The van der Waals surface area contributed by atoms with Crippen molar-refractivity contribution < 1.29 is 22.4 Å². The van der Waals surface area contributed by atoms with E-state index in [-0.39, 0.29) is 29.0 Å². The molecule has 4 rings (SSSR count). The Morgan fingerprint density at radius 1 is 0.974 bits per heavy atom. The molecule has 206 valence electrons. The van der Waals surface area contributed by atoms with Crippen LogP contribution in [-0.4, -0.2) is 43.8 Å². The van der Waals surface area contributed by atoms with Gasteiger partial charge in [-0.25, -0.2) is 12.8 Å². The first-order valence-corrected chi connectivity index (χ1v) is 14.6. The summed E-state index contributed by atoms with van der Waals surface area (Å²) in [5.41, 5.74) is 1.38. The number of aryl methyl sites for hydroxylation is 1. The van der Waals surface area contributed by atoms with Gasteiger partial charge in [0.15, 0.2) is 0 Å². The highest BCUT2D eigenvalue weighted by Crippen LogP contribution is 2.26. The van der Waals surface area contributed by atoms with E-state index in [1.54, 1.807) is 61.5 Å². The summed E-state index contributed by atoms with van der Waals surface area (Å²) in [5.74, 6) is -1.47. The molecule has 1 unspecified atom stereocenters. The standard InChI is InChI=1S/C30H34FN3O4S/c1-22-11-10-15-26(19-22)34(39(37,38)27-16-4-3-5-17-27)21-29(35)33(20-24-12-6-9-18-28(24)31)23(2)30(36)32-25-13-7-8-14-25/h3-6,9-12,15-19,23,25H,7-8,13-14,20-21H2,1-2H3,(H,32,36). The van der Waals surface area contributed by atoms with Gasteiger partial charge in [0, 0.05) is 18.2 Å². The number of carbonyl (C=O) groups excluding carboxylic acids is 2. The molecule has 7 nitrogen and oxygen atoms in total. The Bertz CT molecular complexity index is 1410. The number of hydrogen-bond acceptors (Lipinski definition) is 4.